The number of pyridine rings is 1. The number of nitrogens with one attached hydrogen (secondary N) is 1. The third-order valence-electron chi connectivity index (χ3n) is 4.46. The number of aromatic nitrogens is 2. The van der Waals surface area contributed by atoms with Gasteiger partial charge in [0.2, 0.25) is 0 Å². The van der Waals surface area contributed by atoms with Gasteiger partial charge in [0.15, 0.2) is 0 Å². The van der Waals surface area contributed by atoms with E-state index in [1.165, 1.54) is 0 Å². The lowest BCUT2D eigenvalue weighted by Crippen LogP contribution is -2.23. The molecule has 1 aromatic carbocycles. The predicted octanol–water partition coefficient (Wildman–Crippen LogP) is 3.76. The minimum Gasteiger partial charge on any atom is -0.477 e. The number of aromatic carboxylic acids is 1. The molecule has 5 heteroatoms. The summed E-state index contributed by atoms with van der Waals surface area (Å²) in [6, 6.07) is 11.9. The summed E-state index contributed by atoms with van der Waals surface area (Å²) < 4.78 is 0. The molecule has 1 atom stereocenters. The maximum absolute atomic E-state index is 11.6. The number of aryl methyl sites for hydroxylation is 1. The summed E-state index contributed by atoms with van der Waals surface area (Å²) in [5.41, 5.74) is 4.00. The smallest absolute Gasteiger partial charge is 0.352 e. The molecule has 0 spiro atoms. The largest absolute Gasteiger partial charge is 0.477 e. The van der Waals surface area contributed by atoms with Gasteiger partial charge in [-0.1, -0.05) is 17.7 Å². The summed E-state index contributed by atoms with van der Waals surface area (Å²) in [7, 11) is 1.99. The number of nitrogens with zero attached hydrogens (tertiary/aromatic N) is 2. The highest BCUT2D eigenvalue weighted by atomic mass is 16.4. The van der Waals surface area contributed by atoms with Gasteiger partial charge >= 0.3 is 5.97 Å². The molecule has 0 aliphatic heterocycles. The van der Waals surface area contributed by atoms with Crippen LogP contribution in [0.2, 0.25) is 0 Å². The number of hydrogen-bond acceptors (Lipinski definition) is 3. The van der Waals surface area contributed by atoms with Crippen molar-refractivity contribution in [3.63, 3.8) is 0 Å². The van der Waals surface area contributed by atoms with E-state index in [0.717, 1.165) is 27.7 Å². The Morgan fingerprint density at radius 3 is 2.79 bits per heavy atom. The van der Waals surface area contributed by atoms with E-state index in [1.54, 1.807) is 6.20 Å². The summed E-state index contributed by atoms with van der Waals surface area (Å²) in [5.74, 6) is -0.933. The average molecular weight is 323 g/mol. The number of hydrogen-bond donors (Lipinski definition) is 2. The Morgan fingerprint density at radius 2 is 2.12 bits per heavy atom. The molecular weight excluding hydrogens is 302 g/mol. The summed E-state index contributed by atoms with van der Waals surface area (Å²) in [5, 5.41) is 10.5. The molecule has 0 aliphatic rings. The molecule has 5 nitrogen and oxygen atoms in total. The summed E-state index contributed by atoms with van der Waals surface area (Å²) in [4.78, 5) is 21.2. The molecule has 3 rings (SSSR count). The standard InChI is InChI=1S/C19H21N3O2/c1-12-7-8-17-14(10-12)15(18(21-17)19(23)24)11-22(3)13(2)16-6-4-5-9-20-16/h4-10,13,21H,11H2,1-3H3,(H,23,24). The van der Waals surface area contributed by atoms with E-state index in [9.17, 15) is 9.90 Å². The van der Waals surface area contributed by atoms with Gasteiger partial charge in [0.1, 0.15) is 5.69 Å². The van der Waals surface area contributed by atoms with Crippen molar-refractivity contribution in [1.82, 2.24) is 14.9 Å². The molecule has 0 radical (unpaired) electrons. The normalized spacial score (nSPS) is 12.7. The number of rotatable bonds is 5. The number of H-pyrrole nitrogens is 1. The van der Waals surface area contributed by atoms with Crippen molar-refractivity contribution in [1.29, 1.82) is 0 Å². The molecule has 3 aromatic rings. The van der Waals surface area contributed by atoms with Crippen LogP contribution in [0.15, 0.2) is 42.6 Å². The third kappa shape index (κ3) is 3.03. The monoisotopic (exact) mass is 323 g/mol. The molecule has 1 unspecified atom stereocenters. The number of benzene rings is 1. The van der Waals surface area contributed by atoms with Crippen molar-refractivity contribution < 1.29 is 9.90 Å². The minimum absolute atomic E-state index is 0.0857. The van der Waals surface area contributed by atoms with Crippen LogP contribution < -0.4 is 0 Å². The van der Waals surface area contributed by atoms with Crippen LogP contribution in [0.3, 0.4) is 0 Å². The Labute approximate surface area is 141 Å². The topological polar surface area (TPSA) is 69.2 Å². The first-order chi connectivity index (χ1) is 11.5. The van der Waals surface area contributed by atoms with Crippen molar-refractivity contribution >= 4 is 16.9 Å². The van der Waals surface area contributed by atoms with Crippen molar-refractivity contribution in [3.05, 3.63) is 65.1 Å². The van der Waals surface area contributed by atoms with E-state index in [2.05, 4.69) is 21.8 Å². The Hall–Kier alpha value is -2.66. The van der Waals surface area contributed by atoms with Crippen molar-refractivity contribution in [2.75, 3.05) is 7.05 Å². The van der Waals surface area contributed by atoms with Gasteiger partial charge < -0.3 is 10.1 Å². The van der Waals surface area contributed by atoms with E-state index in [0.29, 0.717) is 6.54 Å². The van der Waals surface area contributed by atoms with Crippen molar-refractivity contribution in [3.8, 4) is 0 Å². The van der Waals surface area contributed by atoms with Gasteiger partial charge in [0, 0.05) is 35.2 Å². The quantitative estimate of drug-likeness (QED) is 0.750. The van der Waals surface area contributed by atoms with Crippen LogP contribution in [-0.4, -0.2) is 33.0 Å². The highest BCUT2D eigenvalue weighted by Gasteiger charge is 2.21. The second-order valence-electron chi connectivity index (χ2n) is 6.18. The van der Waals surface area contributed by atoms with Gasteiger partial charge in [0.25, 0.3) is 0 Å². The highest BCUT2D eigenvalue weighted by molar-refractivity contribution is 5.97. The molecule has 24 heavy (non-hydrogen) atoms. The van der Waals surface area contributed by atoms with Gasteiger partial charge in [-0.3, -0.25) is 9.88 Å². The van der Waals surface area contributed by atoms with Gasteiger partial charge in [-0.15, -0.1) is 0 Å². The Balaban J connectivity index is 1.98. The highest BCUT2D eigenvalue weighted by Crippen LogP contribution is 2.27. The zero-order chi connectivity index (χ0) is 17.3. The second-order valence-corrected chi connectivity index (χ2v) is 6.18. The first-order valence-electron chi connectivity index (χ1n) is 7.93. The fourth-order valence-electron chi connectivity index (χ4n) is 2.94. The van der Waals surface area contributed by atoms with Crippen molar-refractivity contribution in [2.24, 2.45) is 0 Å². The van der Waals surface area contributed by atoms with E-state index in [-0.39, 0.29) is 11.7 Å². The number of fused-ring (bicyclic) bond motifs is 1. The van der Waals surface area contributed by atoms with Gasteiger partial charge in [-0.25, -0.2) is 4.79 Å². The Bertz CT molecular complexity index is 871. The maximum Gasteiger partial charge on any atom is 0.352 e. The predicted molar refractivity (Wildman–Crippen MR) is 94.1 cm³/mol. The number of carboxylic acid groups (broad SMARTS) is 1. The number of aromatic amines is 1. The molecule has 2 N–H and O–H groups in total. The van der Waals surface area contributed by atoms with Gasteiger partial charge in [-0.2, -0.15) is 0 Å². The summed E-state index contributed by atoms with van der Waals surface area (Å²) in [6.07, 6.45) is 1.78. The van der Waals surface area contributed by atoms with E-state index >= 15 is 0 Å². The average Bonchev–Trinajstić information content (AvgIpc) is 2.93. The molecule has 0 saturated carbocycles. The molecule has 0 saturated heterocycles. The zero-order valence-corrected chi connectivity index (χ0v) is 14.1. The molecule has 0 amide bonds. The Morgan fingerprint density at radius 1 is 1.33 bits per heavy atom. The first kappa shape index (κ1) is 16.2. The van der Waals surface area contributed by atoms with Crippen LogP contribution >= 0.6 is 0 Å². The van der Waals surface area contributed by atoms with Crippen LogP contribution in [0.4, 0.5) is 0 Å². The van der Waals surface area contributed by atoms with E-state index < -0.39 is 5.97 Å². The maximum atomic E-state index is 11.6. The fraction of sp³-hybridized carbons (Fsp3) is 0.263. The number of carboxylic acids is 1. The van der Waals surface area contributed by atoms with Crippen molar-refractivity contribution in [2.45, 2.75) is 26.4 Å². The lowest BCUT2D eigenvalue weighted by atomic mass is 10.1. The fourth-order valence-corrected chi connectivity index (χ4v) is 2.94. The molecule has 124 valence electrons. The lowest BCUT2D eigenvalue weighted by molar-refractivity contribution is 0.0689. The minimum atomic E-state index is -0.933. The van der Waals surface area contributed by atoms with E-state index in [4.69, 9.17) is 0 Å². The zero-order valence-electron chi connectivity index (χ0n) is 14.1. The van der Waals surface area contributed by atoms with Crippen LogP contribution in [0.5, 0.6) is 0 Å². The van der Waals surface area contributed by atoms with Crippen LogP contribution in [0.25, 0.3) is 10.9 Å². The molecule has 0 aliphatic carbocycles. The lowest BCUT2D eigenvalue weighted by Gasteiger charge is -2.24. The van der Waals surface area contributed by atoms with Crippen LogP contribution in [0.1, 0.15) is 40.3 Å². The molecular formula is C19H21N3O2. The molecule has 2 aromatic heterocycles. The Kier molecular flexibility index (Phi) is 4.36. The van der Waals surface area contributed by atoms with Crippen LogP contribution in [-0.2, 0) is 6.54 Å². The third-order valence-corrected chi connectivity index (χ3v) is 4.46. The van der Waals surface area contributed by atoms with Gasteiger partial charge in [-0.05, 0) is 45.2 Å². The molecule has 0 bridgehead atoms. The molecule has 0 fully saturated rings. The SMILES string of the molecule is Cc1ccc2[nH]c(C(=O)O)c(CN(C)C(C)c3ccccn3)c2c1. The first-order valence-corrected chi connectivity index (χ1v) is 7.93. The second kappa shape index (κ2) is 6.45. The van der Waals surface area contributed by atoms with Crippen LogP contribution in [0, 0.1) is 6.92 Å². The summed E-state index contributed by atoms with van der Waals surface area (Å²) in [6.45, 7) is 4.61. The van der Waals surface area contributed by atoms with E-state index in [1.807, 2.05) is 50.4 Å². The van der Waals surface area contributed by atoms with Gasteiger partial charge in [0.05, 0.1) is 5.69 Å². The summed E-state index contributed by atoms with van der Waals surface area (Å²) >= 11 is 0. The number of carbonyl (C=O) groups is 1. The molecule has 2 heterocycles.